The van der Waals surface area contributed by atoms with E-state index in [1.807, 2.05) is 19.2 Å². The Hall–Kier alpha value is -1.37. The van der Waals surface area contributed by atoms with Gasteiger partial charge >= 0.3 is 0 Å². The molecule has 20 heavy (non-hydrogen) atoms. The first-order valence-electron chi connectivity index (χ1n) is 6.20. The van der Waals surface area contributed by atoms with Gasteiger partial charge in [-0.3, -0.25) is 0 Å². The number of nitrogens with two attached hydrogens (primary N) is 1. The summed E-state index contributed by atoms with van der Waals surface area (Å²) in [6.45, 7) is 6.59. The van der Waals surface area contributed by atoms with E-state index in [0.29, 0.717) is 6.54 Å². The molecule has 1 aromatic carbocycles. The second-order valence-electron chi connectivity index (χ2n) is 4.84. The van der Waals surface area contributed by atoms with Crippen LogP contribution >= 0.6 is 11.3 Å². The first-order valence-corrected chi connectivity index (χ1v) is 8.62. The van der Waals surface area contributed by atoms with Gasteiger partial charge in [0.25, 0.3) is 0 Å². The van der Waals surface area contributed by atoms with E-state index < -0.39 is 10.0 Å². The minimum atomic E-state index is -3.68. The standard InChI is InChI=1S/C14H18N2O2S2/c1-9-4-5-19-14(9)8-16-13-7-12(20(15,17)18)6-10(2)11(13)3/h4-7,16H,8H2,1-3H3,(H2,15,17,18). The highest BCUT2D eigenvalue weighted by Gasteiger charge is 2.12. The van der Waals surface area contributed by atoms with Crippen molar-refractivity contribution in [2.24, 2.45) is 5.14 Å². The van der Waals surface area contributed by atoms with Crippen LogP contribution in [0.25, 0.3) is 0 Å². The summed E-state index contributed by atoms with van der Waals surface area (Å²) < 4.78 is 23.0. The normalized spacial score (nSPS) is 11.6. The summed E-state index contributed by atoms with van der Waals surface area (Å²) in [4.78, 5) is 1.38. The maximum atomic E-state index is 11.5. The summed E-state index contributed by atoms with van der Waals surface area (Å²) in [6.07, 6.45) is 0. The van der Waals surface area contributed by atoms with Crippen molar-refractivity contribution in [3.05, 3.63) is 45.1 Å². The molecule has 0 saturated carbocycles. The predicted octanol–water partition coefficient (Wildman–Crippen LogP) is 2.93. The fourth-order valence-corrected chi connectivity index (χ4v) is 3.40. The van der Waals surface area contributed by atoms with Gasteiger partial charge in [-0.1, -0.05) is 0 Å². The van der Waals surface area contributed by atoms with E-state index in [0.717, 1.165) is 16.8 Å². The highest BCUT2D eigenvalue weighted by atomic mass is 32.2. The SMILES string of the molecule is Cc1ccsc1CNc1cc(S(N)(=O)=O)cc(C)c1C. The molecule has 0 unspecified atom stereocenters. The van der Waals surface area contributed by atoms with Crippen molar-refractivity contribution in [1.29, 1.82) is 0 Å². The van der Waals surface area contributed by atoms with Gasteiger partial charge in [-0.2, -0.15) is 0 Å². The number of hydrogen-bond acceptors (Lipinski definition) is 4. The molecule has 0 radical (unpaired) electrons. The Morgan fingerprint density at radius 2 is 1.90 bits per heavy atom. The van der Waals surface area contributed by atoms with E-state index in [1.165, 1.54) is 10.4 Å². The molecule has 0 bridgehead atoms. The minimum absolute atomic E-state index is 0.144. The molecule has 0 aliphatic carbocycles. The summed E-state index contributed by atoms with van der Waals surface area (Å²) in [5, 5.41) is 10.6. The fraction of sp³-hybridized carbons (Fsp3) is 0.286. The van der Waals surface area contributed by atoms with Gasteiger partial charge in [0.1, 0.15) is 0 Å². The second kappa shape index (κ2) is 5.55. The average Bonchev–Trinajstić information content (AvgIpc) is 2.75. The van der Waals surface area contributed by atoms with Gasteiger partial charge in [0, 0.05) is 17.1 Å². The lowest BCUT2D eigenvalue weighted by Crippen LogP contribution is -2.13. The van der Waals surface area contributed by atoms with Crippen molar-refractivity contribution in [1.82, 2.24) is 0 Å². The maximum absolute atomic E-state index is 11.5. The number of benzene rings is 1. The number of rotatable bonds is 4. The smallest absolute Gasteiger partial charge is 0.238 e. The Morgan fingerprint density at radius 1 is 1.20 bits per heavy atom. The van der Waals surface area contributed by atoms with Crippen LogP contribution in [0.3, 0.4) is 0 Å². The van der Waals surface area contributed by atoms with Crippen molar-refractivity contribution < 1.29 is 8.42 Å². The molecule has 0 fully saturated rings. The van der Waals surface area contributed by atoms with E-state index in [-0.39, 0.29) is 4.90 Å². The lowest BCUT2D eigenvalue weighted by Gasteiger charge is -2.13. The van der Waals surface area contributed by atoms with Crippen molar-refractivity contribution in [3.63, 3.8) is 0 Å². The molecule has 6 heteroatoms. The third kappa shape index (κ3) is 3.20. The largest absolute Gasteiger partial charge is 0.380 e. The lowest BCUT2D eigenvalue weighted by atomic mass is 10.1. The van der Waals surface area contributed by atoms with Gasteiger partial charge in [0.15, 0.2) is 0 Å². The predicted molar refractivity (Wildman–Crippen MR) is 83.7 cm³/mol. The number of anilines is 1. The zero-order valence-corrected chi connectivity index (χ0v) is 13.4. The minimum Gasteiger partial charge on any atom is -0.380 e. The fourth-order valence-electron chi connectivity index (χ4n) is 1.93. The van der Waals surface area contributed by atoms with Crippen LogP contribution in [0.2, 0.25) is 0 Å². The molecule has 108 valence electrons. The number of sulfonamides is 1. The molecule has 0 saturated heterocycles. The van der Waals surface area contributed by atoms with Crippen molar-refractivity contribution in [3.8, 4) is 0 Å². The van der Waals surface area contributed by atoms with Gasteiger partial charge in [-0.05, 0) is 61.0 Å². The molecule has 2 aromatic rings. The molecule has 1 heterocycles. The van der Waals surface area contributed by atoms with Crippen molar-refractivity contribution >= 4 is 27.0 Å². The number of thiophene rings is 1. The average molecular weight is 310 g/mol. The molecule has 0 aliphatic heterocycles. The Bertz CT molecular complexity index is 734. The number of nitrogens with one attached hydrogen (secondary N) is 1. The van der Waals surface area contributed by atoms with Crippen LogP contribution in [0.15, 0.2) is 28.5 Å². The molecule has 0 spiro atoms. The molecular formula is C14H18N2O2S2. The van der Waals surface area contributed by atoms with Gasteiger partial charge in [0.2, 0.25) is 10.0 Å². The highest BCUT2D eigenvalue weighted by molar-refractivity contribution is 7.89. The molecular weight excluding hydrogens is 292 g/mol. The zero-order valence-electron chi connectivity index (χ0n) is 11.7. The lowest BCUT2D eigenvalue weighted by molar-refractivity contribution is 0.597. The Labute approximate surface area is 123 Å². The number of primary sulfonamides is 1. The summed E-state index contributed by atoms with van der Waals surface area (Å²) >= 11 is 1.68. The second-order valence-corrected chi connectivity index (χ2v) is 7.40. The van der Waals surface area contributed by atoms with E-state index >= 15 is 0 Å². The molecule has 3 N–H and O–H groups in total. The summed E-state index contributed by atoms with van der Waals surface area (Å²) in [5.41, 5.74) is 3.98. The highest BCUT2D eigenvalue weighted by Crippen LogP contribution is 2.25. The van der Waals surface area contributed by atoms with Crippen LogP contribution in [0.5, 0.6) is 0 Å². The summed E-state index contributed by atoms with van der Waals surface area (Å²) in [7, 11) is -3.68. The van der Waals surface area contributed by atoms with E-state index in [9.17, 15) is 8.42 Å². The third-order valence-corrected chi connectivity index (χ3v) is 5.29. The van der Waals surface area contributed by atoms with E-state index in [4.69, 9.17) is 5.14 Å². The van der Waals surface area contributed by atoms with Crippen LogP contribution in [-0.4, -0.2) is 8.42 Å². The Morgan fingerprint density at radius 3 is 2.45 bits per heavy atom. The Balaban J connectivity index is 2.32. The zero-order chi connectivity index (χ0) is 14.9. The first kappa shape index (κ1) is 15.0. The summed E-state index contributed by atoms with van der Waals surface area (Å²) in [5.74, 6) is 0. The van der Waals surface area contributed by atoms with E-state index in [2.05, 4.69) is 18.3 Å². The number of aryl methyl sites for hydroxylation is 2. The van der Waals surface area contributed by atoms with Crippen LogP contribution in [0, 0.1) is 20.8 Å². The molecule has 0 atom stereocenters. The molecule has 0 amide bonds. The topological polar surface area (TPSA) is 72.2 Å². The molecule has 4 nitrogen and oxygen atoms in total. The molecule has 1 aromatic heterocycles. The van der Waals surface area contributed by atoms with Crippen LogP contribution in [0.1, 0.15) is 21.6 Å². The summed E-state index contributed by atoms with van der Waals surface area (Å²) in [6, 6.07) is 5.27. The van der Waals surface area contributed by atoms with Crippen LogP contribution in [-0.2, 0) is 16.6 Å². The van der Waals surface area contributed by atoms with Gasteiger partial charge in [0.05, 0.1) is 4.90 Å². The number of hydrogen-bond donors (Lipinski definition) is 2. The quantitative estimate of drug-likeness (QED) is 0.912. The van der Waals surface area contributed by atoms with Gasteiger partial charge in [-0.25, -0.2) is 13.6 Å². The van der Waals surface area contributed by atoms with Gasteiger partial charge in [-0.15, -0.1) is 11.3 Å². The van der Waals surface area contributed by atoms with Gasteiger partial charge < -0.3 is 5.32 Å². The Kier molecular flexibility index (Phi) is 4.17. The van der Waals surface area contributed by atoms with Crippen LogP contribution < -0.4 is 10.5 Å². The van der Waals surface area contributed by atoms with Crippen molar-refractivity contribution in [2.45, 2.75) is 32.2 Å². The third-order valence-electron chi connectivity index (χ3n) is 3.38. The van der Waals surface area contributed by atoms with E-state index in [1.54, 1.807) is 23.5 Å². The molecule has 2 rings (SSSR count). The maximum Gasteiger partial charge on any atom is 0.238 e. The first-order chi connectivity index (χ1) is 9.29. The van der Waals surface area contributed by atoms with Crippen molar-refractivity contribution in [2.75, 3.05) is 5.32 Å². The monoisotopic (exact) mass is 310 g/mol. The molecule has 0 aliphatic rings. The van der Waals surface area contributed by atoms with Crippen LogP contribution in [0.4, 0.5) is 5.69 Å².